The zero-order valence-electron chi connectivity index (χ0n) is 25.5. The number of rotatable bonds is 7. The van der Waals surface area contributed by atoms with Crippen LogP contribution in [0.5, 0.6) is 0 Å². The van der Waals surface area contributed by atoms with Gasteiger partial charge in [0.15, 0.2) is 0 Å². The number of hydrogen-bond donors (Lipinski definition) is 4. The molecule has 236 valence electrons. The fourth-order valence-corrected chi connectivity index (χ4v) is 11.6. The summed E-state index contributed by atoms with van der Waals surface area (Å²) in [5.41, 5.74) is -6.72. The minimum absolute atomic E-state index is 0.0723. The third-order valence-corrected chi connectivity index (χ3v) is 12.7. The Morgan fingerprint density at radius 3 is 2.44 bits per heavy atom. The number of fused-ring (bicyclic) bond motifs is 2. The van der Waals surface area contributed by atoms with Crippen LogP contribution in [0.2, 0.25) is 0 Å². The Kier molecular flexibility index (Phi) is 6.50. The number of amides is 1. The minimum atomic E-state index is -1.93. The van der Waals surface area contributed by atoms with Crippen molar-refractivity contribution in [3.05, 3.63) is 29.8 Å². The Morgan fingerprint density at radius 2 is 1.79 bits per heavy atom. The van der Waals surface area contributed by atoms with E-state index >= 15 is 0 Å². The molecular formula is C32H44N2O9. The van der Waals surface area contributed by atoms with Gasteiger partial charge in [-0.25, -0.2) is 4.79 Å². The molecule has 11 nitrogen and oxygen atoms in total. The van der Waals surface area contributed by atoms with E-state index in [1.54, 1.807) is 45.6 Å². The summed E-state index contributed by atoms with van der Waals surface area (Å²) in [6.45, 7) is 4.30. The fraction of sp³-hybridized carbons (Fsp3) is 0.750. The number of anilines is 1. The van der Waals surface area contributed by atoms with Crippen LogP contribution < -0.4 is 5.32 Å². The van der Waals surface area contributed by atoms with E-state index in [9.17, 15) is 24.9 Å². The number of para-hydroxylation sites is 1. The summed E-state index contributed by atoms with van der Waals surface area (Å²) in [4.78, 5) is 28.1. The highest BCUT2D eigenvalue weighted by Crippen LogP contribution is 2.80. The van der Waals surface area contributed by atoms with Gasteiger partial charge in [-0.05, 0) is 44.4 Å². The number of benzene rings is 1. The van der Waals surface area contributed by atoms with Crippen LogP contribution in [-0.2, 0) is 23.7 Å². The van der Waals surface area contributed by atoms with E-state index in [-0.39, 0.29) is 36.3 Å². The molecule has 4 N–H and O–H groups in total. The van der Waals surface area contributed by atoms with Crippen LogP contribution in [0.3, 0.4) is 0 Å². The van der Waals surface area contributed by atoms with Crippen LogP contribution in [0.4, 0.5) is 5.69 Å². The summed E-state index contributed by atoms with van der Waals surface area (Å²) in [5, 5.41) is 41.5. The third-order valence-electron chi connectivity index (χ3n) is 12.7. The van der Waals surface area contributed by atoms with Gasteiger partial charge in [-0.3, -0.25) is 9.69 Å². The van der Waals surface area contributed by atoms with Crippen LogP contribution in [0.1, 0.15) is 56.3 Å². The Labute approximate surface area is 251 Å². The molecule has 43 heavy (non-hydrogen) atoms. The first-order valence-electron chi connectivity index (χ1n) is 15.5. The molecule has 1 aromatic carbocycles. The lowest BCUT2D eigenvalue weighted by atomic mass is 9.43. The van der Waals surface area contributed by atoms with Gasteiger partial charge in [0.2, 0.25) is 5.91 Å². The van der Waals surface area contributed by atoms with Crippen LogP contribution in [0, 0.1) is 23.2 Å². The Morgan fingerprint density at radius 1 is 1.05 bits per heavy atom. The molecule has 1 spiro atoms. The fourth-order valence-electron chi connectivity index (χ4n) is 11.6. The van der Waals surface area contributed by atoms with Crippen molar-refractivity contribution in [3.8, 4) is 0 Å². The zero-order chi connectivity index (χ0) is 30.7. The molecule has 7 rings (SSSR count). The largest absolute Gasteiger partial charge is 0.454 e. The van der Waals surface area contributed by atoms with Crippen LogP contribution in [0.15, 0.2) is 24.3 Å². The maximum Gasteiger partial charge on any atom is 0.340 e. The van der Waals surface area contributed by atoms with Crippen molar-refractivity contribution in [2.24, 2.45) is 23.2 Å². The van der Waals surface area contributed by atoms with Crippen molar-refractivity contribution in [1.82, 2.24) is 4.90 Å². The Hall–Kier alpha value is -2.12. The average Bonchev–Trinajstić information content (AvgIpc) is 3.36. The van der Waals surface area contributed by atoms with Crippen LogP contribution in [-0.4, -0.2) is 113 Å². The SMILES string of the molecule is CCN1C[C@]2(OC(=O)c3ccccc3NC(C)=O)CCC(OC)[C@@]34[C@@H]2C[C@@](O)([C@@H]13)[C@@]1(O)CC(OC)[C@H]2C[C@@H]4[C@]1(O)C2OC. The van der Waals surface area contributed by atoms with E-state index in [1.165, 1.54) is 6.92 Å². The molecule has 5 aliphatic carbocycles. The molecule has 7 bridgehead atoms. The van der Waals surface area contributed by atoms with E-state index < -0.39 is 63.9 Å². The number of methoxy groups -OCH3 is 3. The van der Waals surface area contributed by atoms with Gasteiger partial charge in [0, 0.05) is 64.4 Å². The summed E-state index contributed by atoms with van der Waals surface area (Å²) in [5.74, 6) is -1.97. The highest BCUT2D eigenvalue weighted by atomic mass is 16.6. The number of nitrogens with one attached hydrogen (secondary N) is 1. The third kappa shape index (κ3) is 3.24. The lowest BCUT2D eigenvalue weighted by Gasteiger charge is -2.71. The molecule has 1 heterocycles. The first-order valence-corrected chi connectivity index (χ1v) is 15.5. The summed E-state index contributed by atoms with van der Waals surface area (Å²) in [6, 6.07) is 6.23. The van der Waals surface area contributed by atoms with Gasteiger partial charge in [-0.15, -0.1) is 0 Å². The van der Waals surface area contributed by atoms with E-state index in [0.29, 0.717) is 38.0 Å². The Bertz CT molecular complexity index is 1340. The van der Waals surface area contributed by atoms with E-state index in [4.69, 9.17) is 18.9 Å². The minimum Gasteiger partial charge on any atom is -0.454 e. The zero-order valence-corrected chi connectivity index (χ0v) is 25.5. The number of hydrogen-bond acceptors (Lipinski definition) is 10. The van der Waals surface area contributed by atoms with Gasteiger partial charge < -0.3 is 39.6 Å². The second kappa shape index (κ2) is 9.45. The number of esters is 1. The van der Waals surface area contributed by atoms with Crippen molar-refractivity contribution in [2.45, 2.75) is 92.7 Å². The van der Waals surface area contributed by atoms with Crippen molar-refractivity contribution in [1.29, 1.82) is 0 Å². The van der Waals surface area contributed by atoms with E-state index in [2.05, 4.69) is 10.2 Å². The first-order chi connectivity index (χ1) is 20.4. The van der Waals surface area contributed by atoms with Gasteiger partial charge in [0.05, 0.1) is 35.6 Å². The van der Waals surface area contributed by atoms with Crippen molar-refractivity contribution < 1.29 is 43.9 Å². The molecule has 1 aliphatic heterocycles. The van der Waals surface area contributed by atoms with Gasteiger partial charge in [0.1, 0.15) is 22.4 Å². The first kappa shape index (κ1) is 29.6. The summed E-state index contributed by atoms with van der Waals surface area (Å²) in [6.07, 6.45) is 0.245. The van der Waals surface area contributed by atoms with Gasteiger partial charge in [-0.2, -0.15) is 0 Å². The average molecular weight is 601 g/mol. The highest BCUT2D eigenvalue weighted by Gasteiger charge is 2.93. The molecule has 6 aliphatic rings. The molecule has 3 unspecified atom stereocenters. The predicted molar refractivity (Wildman–Crippen MR) is 153 cm³/mol. The van der Waals surface area contributed by atoms with Crippen molar-refractivity contribution in [3.63, 3.8) is 0 Å². The van der Waals surface area contributed by atoms with Gasteiger partial charge in [-0.1, -0.05) is 19.1 Å². The quantitative estimate of drug-likeness (QED) is 0.338. The van der Waals surface area contributed by atoms with Crippen molar-refractivity contribution in [2.75, 3.05) is 39.7 Å². The number of nitrogens with zero attached hydrogens (tertiary/aromatic N) is 1. The van der Waals surface area contributed by atoms with E-state index in [1.807, 2.05) is 6.92 Å². The second-order valence-corrected chi connectivity index (χ2v) is 13.9. The lowest BCUT2D eigenvalue weighted by molar-refractivity contribution is -0.369. The molecule has 11 heteroatoms. The molecule has 1 amide bonds. The normalized spacial score (nSPS) is 49.1. The Balaban J connectivity index is 1.41. The summed E-state index contributed by atoms with van der Waals surface area (Å²) < 4.78 is 24.8. The number of piperidine rings is 1. The van der Waals surface area contributed by atoms with E-state index in [0.717, 1.165) is 0 Å². The summed E-state index contributed by atoms with van der Waals surface area (Å²) >= 11 is 0. The molecule has 12 atom stereocenters. The van der Waals surface area contributed by atoms with Gasteiger partial charge in [0.25, 0.3) is 0 Å². The number of likely N-dealkylation sites (N-methyl/N-ethyl adjacent to an activating group) is 1. The second-order valence-electron chi connectivity index (χ2n) is 13.9. The van der Waals surface area contributed by atoms with Crippen LogP contribution in [0.25, 0.3) is 0 Å². The molecule has 1 saturated heterocycles. The molecular weight excluding hydrogens is 556 g/mol. The number of carbonyl (C=O) groups excluding carboxylic acids is 2. The molecule has 1 aromatic rings. The maximum atomic E-state index is 14.0. The topological polar surface area (TPSA) is 147 Å². The van der Waals surface area contributed by atoms with Gasteiger partial charge >= 0.3 is 5.97 Å². The monoisotopic (exact) mass is 600 g/mol. The highest BCUT2D eigenvalue weighted by molar-refractivity contribution is 6.00. The molecule has 0 radical (unpaired) electrons. The number of ether oxygens (including phenoxy) is 4. The molecule has 6 fully saturated rings. The number of likely N-dealkylation sites (tertiary alicyclic amines) is 1. The number of carbonyl (C=O) groups is 2. The maximum absolute atomic E-state index is 14.0. The van der Waals surface area contributed by atoms with Crippen molar-refractivity contribution >= 4 is 17.6 Å². The predicted octanol–water partition coefficient (Wildman–Crippen LogP) is 1.34. The number of aliphatic hydroxyl groups is 3. The standard InChI is InChI=1S/C32H44N2O9/c1-6-34-16-28(43-26(36)18-9-7-8-10-20(18)33-17(2)35)12-11-24(41-4)31-22-13-19-21(40-3)14-30(38,32(22,39)25(19)42-5)29(37,27(31)34)15-23(28)31/h7-10,19,21-25,27,37-39H,6,11-16H2,1-5H3,(H,33,35)/t19-,21?,22+,23-,24?,25?,27-,28-,29-,30+,31-,32+/m1/s1. The molecule has 5 saturated carbocycles. The van der Waals surface area contributed by atoms with Crippen LogP contribution >= 0.6 is 0 Å². The lowest BCUT2D eigenvalue weighted by Crippen LogP contribution is -2.87. The summed E-state index contributed by atoms with van der Waals surface area (Å²) in [7, 11) is 4.82. The smallest absolute Gasteiger partial charge is 0.340 e. The molecule has 0 aromatic heterocycles.